The number of tetrazole rings is 1. The molecule has 0 amide bonds. The van der Waals surface area contributed by atoms with E-state index in [1.165, 1.54) is 24.3 Å². The normalized spacial score (nSPS) is 11.7. The number of alkyl halides is 3. The quantitative estimate of drug-likeness (QED) is 0.749. The fraction of sp³-hybridized carbons (Fsp3) is 0.133. The predicted molar refractivity (Wildman–Crippen MR) is 73.8 cm³/mol. The van der Waals surface area contributed by atoms with Crippen molar-refractivity contribution in [2.75, 3.05) is 0 Å². The molecule has 0 aliphatic carbocycles. The molecule has 4 nitrogen and oxygen atoms in total. The minimum Gasteiger partial charge on any atom is -0.206 e. The highest BCUT2D eigenvalue weighted by Crippen LogP contribution is 2.30. The molecule has 1 N–H and O–H groups in total. The van der Waals surface area contributed by atoms with E-state index in [0.717, 1.165) is 12.1 Å². The Hall–Kier alpha value is -2.77. The minimum atomic E-state index is -4.38. The van der Waals surface area contributed by atoms with E-state index in [1.54, 1.807) is 6.07 Å². The monoisotopic (exact) mass is 322 g/mol. The first kappa shape index (κ1) is 15.1. The van der Waals surface area contributed by atoms with Gasteiger partial charge in [0.05, 0.1) is 11.1 Å². The van der Waals surface area contributed by atoms with Crippen LogP contribution in [-0.4, -0.2) is 20.6 Å². The zero-order chi connectivity index (χ0) is 16.4. The lowest BCUT2D eigenvalue weighted by Gasteiger charge is -2.10. The van der Waals surface area contributed by atoms with E-state index in [2.05, 4.69) is 20.6 Å². The molecule has 0 fully saturated rings. The molecule has 0 spiro atoms. The number of aromatic amines is 1. The average Bonchev–Trinajstić information content (AvgIpc) is 3.01. The molecule has 3 aromatic rings. The number of halogens is 4. The molecule has 0 bridgehead atoms. The van der Waals surface area contributed by atoms with Gasteiger partial charge in [-0.1, -0.05) is 24.3 Å². The summed E-state index contributed by atoms with van der Waals surface area (Å²) < 4.78 is 51.8. The van der Waals surface area contributed by atoms with Gasteiger partial charge in [0.2, 0.25) is 5.82 Å². The summed E-state index contributed by atoms with van der Waals surface area (Å²) in [7, 11) is 0. The molecule has 0 unspecified atom stereocenters. The molecule has 118 valence electrons. The molecular formula is C15H10F4N4. The minimum absolute atomic E-state index is 0.102. The lowest BCUT2D eigenvalue weighted by molar-refractivity contribution is -0.137. The zero-order valence-electron chi connectivity index (χ0n) is 11.6. The Labute approximate surface area is 128 Å². The molecule has 3 rings (SSSR count). The van der Waals surface area contributed by atoms with Gasteiger partial charge in [0.15, 0.2) is 0 Å². The van der Waals surface area contributed by atoms with Gasteiger partial charge >= 0.3 is 6.18 Å². The van der Waals surface area contributed by atoms with Crippen molar-refractivity contribution in [1.29, 1.82) is 0 Å². The van der Waals surface area contributed by atoms with Gasteiger partial charge in [-0.2, -0.15) is 18.4 Å². The summed E-state index contributed by atoms with van der Waals surface area (Å²) in [6.45, 7) is 0. The third-order valence-electron chi connectivity index (χ3n) is 3.34. The molecule has 0 aliphatic rings. The first-order chi connectivity index (χ1) is 10.9. The van der Waals surface area contributed by atoms with Gasteiger partial charge in [0.25, 0.3) is 0 Å². The van der Waals surface area contributed by atoms with Gasteiger partial charge in [-0.25, -0.2) is 4.39 Å². The third kappa shape index (κ3) is 3.20. The van der Waals surface area contributed by atoms with E-state index in [9.17, 15) is 17.6 Å². The molecule has 1 aromatic heterocycles. The standard InChI is InChI=1S/C15H10F4N4/c16-12-3-1-2-10(13(12)14-20-22-23-21-14)8-9-4-6-11(7-5-9)15(17,18)19/h1-7H,8H2,(H,20,21,22,23). The highest BCUT2D eigenvalue weighted by molar-refractivity contribution is 5.61. The van der Waals surface area contributed by atoms with Crippen molar-refractivity contribution in [3.63, 3.8) is 0 Å². The van der Waals surface area contributed by atoms with Gasteiger partial charge in [-0.15, -0.1) is 10.2 Å². The Morgan fingerprint density at radius 3 is 2.35 bits per heavy atom. The number of rotatable bonds is 3. The van der Waals surface area contributed by atoms with E-state index in [-0.39, 0.29) is 17.8 Å². The van der Waals surface area contributed by atoms with E-state index in [0.29, 0.717) is 11.1 Å². The maximum atomic E-state index is 14.1. The molecule has 0 radical (unpaired) electrons. The van der Waals surface area contributed by atoms with Crippen LogP contribution < -0.4 is 0 Å². The lowest BCUT2D eigenvalue weighted by Crippen LogP contribution is -2.04. The fourth-order valence-corrected chi connectivity index (χ4v) is 2.27. The van der Waals surface area contributed by atoms with Crippen LogP contribution in [0.3, 0.4) is 0 Å². The average molecular weight is 322 g/mol. The molecular weight excluding hydrogens is 312 g/mol. The molecule has 0 saturated heterocycles. The van der Waals surface area contributed by atoms with Crippen molar-refractivity contribution >= 4 is 0 Å². The molecule has 0 atom stereocenters. The van der Waals surface area contributed by atoms with E-state index >= 15 is 0 Å². The van der Waals surface area contributed by atoms with Crippen LogP contribution in [0, 0.1) is 5.82 Å². The Kier molecular flexibility index (Phi) is 3.81. The second kappa shape index (κ2) is 5.79. The van der Waals surface area contributed by atoms with Gasteiger partial charge in [0.1, 0.15) is 5.82 Å². The SMILES string of the molecule is Fc1cccc(Cc2ccc(C(F)(F)F)cc2)c1-c1nn[nH]n1. The van der Waals surface area contributed by atoms with Crippen LogP contribution >= 0.6 is 0 Å². The number of nitrogens with zero attached hydrogens (tertiary/aromatic N) is 3. The maximum absolute atomic E-state index is 14.1. The summed E-state index contributed by atoms with van der Waals surface area (Å²) in [6.07, 6.45) is -4.13. The second-order valence-corrected chi connectivity index (χ2v) is 4.88. The maximum Gasteiger partial charge on any atom is 0.416 e. The molecule has 0 aliphatic heterocycles. The predicted octanol–water partition coefficient (Wildman–Crippen LogP) is 3.62. The summed E-state index contributed by atoms with van der Waals surface area (Å²) in [5.41, 5.74) is 0.638. The molecule has 0 saturated carbocycles. The van der Waals surface area contributed by atoms with Crippen molar-refractivity contribution in [1.82, 2.24) is 20.6 Å². The number of aromatic nitrogens is 4. The van der Waals surface area contributed by atoms with E-state index in [1.807, 2.05) is 0 Å². The van der Waals surface area contributed by atoms with E-state index < -0.39 is 17.6 Å². The Morgan fingerprint density at radius 2 is 1.74 bits per heavy atom. The Morgan fingerprint density at radius 1 is 1.00 bits per heavy atom. The second-order valence-electron chi connectivity index (χ2n) is 4.88. The molecule has 8 heteroatoms. The first-order valence-corrected chi connectivity index (χ1v) is 6.62. The van der Waals surface area contributed by atoms with E-state index in [4.69, 9.17) is 0 Å². The summed E-state index contributed by atoms with van der Waals surface area (Å²) >= 11 is 0. The van der Waals surface area contributed by atoms with Crippen molar-refractivity contribution in [2.45, 2.75) is 12.6 Å². The molecule has 1 heterocycles. The smallest absolute Gasteiger partial charge is 0.206 e. The van der Waals surface area contributed by atoms with Crippen molar-refractivity contribution in [2.24, 2.45) is 0 Å². The Bertz CT molecular complexity index is 795. The molecule has 2 aromatic carbocycles. The van der Waals surface area contributed by atoms with Gasteiger partial charge in [-0.05, 0) is 41.0 Å². The first-order valence-electron chi connectivity index (χ1n) is 6.62. The van der Waals surface area contributed by atoms with Crippen molar-refractivity contribution in [3.05, 3.63) is 65.0 Å². The number of nitrogens with one attached hydrogen (secondary N) is 1. The van der Waals surface area contributed by atoms with Crippen molar-refractivity contribution < 1.29 is 17.6 Å². The summed E-state index contributed by atoms with van der Waals surface area (Å²) in [4.78, 5) is 0. The van der Waals surface area contributed by atoms with Crippen molar-refractivity contribution in [3.8, 4) is 11.4 Å². The van der Waals surface area contributed by atoms with Crippen LogP contribution in [0.5, 0.6) is 0 Å². The number of benzene rings is 2. The van der Waals surface area contributed by atoms with Crippen LogP contribution in [0.15, 0.2) is 42.5 Å². The highest BCUT2D eigenvalue weighted by atomic mass is 19.4. The third-order valence-corrected chi connectivity index (χ3v) is 3.34. The molecule has 23 heavy (non-hydrogen) atoms. The summed E-state index contributed by atoms with van der Waals surface area (Å²) in [5.74, 6) is -0.416. The van der Waals surface area contributed by atoms with Crippen LogP contribution in [-0.2, 0) is 12.6 Å². The summed E-state index contributed by atoms with van der Waals surface area (Å²) in [6, 6.07) is 9.21. The van der Waals surface area contributed by atoms with Gasteiger partial charge in [0, 0.05) is 0 Å². The zero-order valence-corrected chi connectivity index (χ0v) is 11.6. The summed E-state index contributed by atoms with van der Waals surface area (Å²) in [5, 5.41) is 13.2. The fourth-order valence-electron chi connectivity index (χ4n) is 2.27. The van der Waals surface area contributed by atoms with Crippen LogP contribution in [0.2, 0.25) is 0 Å². The van der Waals surface area contributed by atoms with Gasteiger partial charge < -0.3 is 0 Å². The largest absolute Gasteiger partial charge is 0.416 e. The van der Waals surface area contributed by atoms with Gasteiger partial charge in [-0.3, -0.25) is 0 Å². The number of hydrogen-bond donors (Lipinski definition) is 1. The number of H-pyrrole nitrogens is 1. The van der Waals surface area contributed by atoms with Crippen LogP contribution in [0.25, 0.3) is 11.4 Å². The highest BCUT2D eigenvalue weighted by Gasteiger charge is 2.29. The van der Waals surface area contributed by atoms with Crippen LogP contribution in [0.4, 0.5) is 17.6 Å². The Balaban J connectivity index is 1.93. The number of hydrogen-bond acceptors (Lipinski definition) is 3. The lowest BCUT2D eigenvalue weighted by atomic mass is 9.98. The van der Waals surface area contributed by atoms with Crippen LogP contribution in [0.1, 0.15) is 16.7 Å². The topological polar surface area (TPSA) is 54.5 Å².